The SMILES string of the molecule is C#Cc1c(F)ccc2cc(O)cc(-c3nc(OC)c4c(N5CCOC[C@@](C)(O)C5)nc(OC[C@]56CCC[C@H]5N(C5C[C@@H]7CS(=O)(=O)C[C@@H]7C5)CCC6)nc4c3F)c12. The largest absolute Gasteiger partial charge is 0.508 e. The molecular formula is C42H47F2N5O7S. The minimum atomic E-state index is -2.96. The highest BCUT2D eigenvalue weighted by molar-refractivity contribution is 7.91. The Kier molecular flexibility index (Phi) is 9.50. The maximum atomic E-state index is 17.4. The number of nitrogens with zero attached hydrogens (tertiary/aromatic N) is 5. The minimum Gasteiger partial charge on any atom is -0.508 e. The van der Waals surface area contributed by atoms with E-state index >= 15 is 8.78 Å². The zero-order chi connectivity index (χ0) is 39.9. The van der Waals surface area contributed by atoms with E-state index in [1.165, 1.54) is 31.4 Å². The normalized spacial score (nSPS) is 29.9. The number of aromatic hydroxyl groups is 1. The number of β-amino-alcohol motifs (C(OH)–C–C–N with tert-alkyl or cyclic N) is 1. The van der Waals surface area contributed by atoms with Crippen molar-refractivity contribution in [2.75, 3.05) is 63.0 Å². The Morgan fingerprint density at radius 3 is 2.60 bits per heavy atom. The Balaban J connectivity index is 1.13. The van der Waals surface area contributed by atoms with Gasteiger partial charge in [-0.15, -0.1) is 6.42 Å². The number of likely N-dealkylation sites (tertiary alicyclic amines) is 1. The molecule has 2 saturated carbocycles. The van der Waals surface area contributed by atoms with Crippen molar-refractivity contribution in [2.45, 2.75) is 69.6 Å². The maximum Gasteiger partial charge on any atom is 0.319 e. The lowest BCUT2D eigenvalue weighted by atomic mass is 9.75. The van der Waals surface area contributed by atoms with Gasteiger partial charge in [0.2, 0.25) is 5.88 Å². The molecule has 5 heterocycles. The molecule has 2 aromatic carbocycles. The van der Waals surface area contributed by atoms with Crippen molar-refractivity contribution >= 4 is 37.3 Å². The summed E-state index contributed by atoms with van der Waals surface area (Å²) in [6, 6.07) is 5.88. The predicted molar refractivity (Wildman–Crippen MR) is 210 cm³/mol. The molecule has 4 aromatic rings. The third kappa shape index (κ3) is 6.72. The van der Waals surface area contributed by atoms with Crippen molar-refractivity contribution in [3.05, 3.63) is 41.5 Å². The number of halogens is 2. The molecule has 3 saturated heterocycles. The van der Waals surface area contributed by atoms with Gasteiger partial charge >= 0.3 is 6.01 Å². The van der Waals surface area contributed by atoms with Crippen LogP contribution < -0.4 is 14.4 Å². The van der Waals surface area contributed by atoms with Crippen LogP contribution in [-0.4, -0.2) is 114 Å². The first-order valence-corrected chi connectivity index (χ1v) is 21.6. The number of fused-ring (bicyclic) bond motifs is 4. The van der Waals surface area contributed by atoms with Gasteiger partial charge in [-0.25, -0.2) is 22.2 Å². The Morgan fingerprint density at radius 1 is 1.07 bits per heavy atom. The van der Waals surface area contributed by atoms with Crippen molar-refractivity contribution in [1.29, 1.82) is 0 Å². The molecule has 15 heteroatoms. The lowest BCUT2D eigenvalue weighted by molar-refractivity contribution is -0.0224. The van der Waals surface area contributed by atoms with Crippen molar-refractivity contribution < 1.29 is 41.6 Å². The predicted octanol–water partition coefficient (Wildman–Crippen LogP) is 5.24. The average molecular weight is 804 g/mol. The van der Waals surface area contributed by atoms with E-state index in [4.69, 9.17) is 30.6 Å². The second-order valence-electron chi connectivity index (χ2n) is 17.1. The van der Waals surface area contributed by atoms with Crippen LogP contribution in [-0.2, 0) is 14.6 Å². The number of ether oxygens (including phenoxy) is 3. The van der Waals surface area contributed by atoms with Crippen LogP contribution in [0.3, 0.4) is 0 Å². The van der Waals surface area contributed by atoms with Gasteiger partial charge in [-0.3, -0.25) is 4.90 Å². The average Bonchev–Trinajstić information content (AvgIpc) is 3.82. The van der Waals surface area contributed by atoms with E-state index in [2.05, 4.69) is 15.8 Å². The highest BCUT2D eigenvalue weighted by Crippen LogP contribution is 2.52. The Labute approximate surface area is 330 Å². The molecule has 302 valence electrons. The van der Waals surface area contributed by atoms with Gasteiger partial charge in [-0.05, 0) is 87.4 Å². The highest BCUT2D eigenvalue weighted by Gasteiger charge is 2.53. The van der Waals surface area contributed by atoms with Crippen LogP contribution in [0.1, 0.15) is 57.4 Å². The summed E-state index contributed by atoms with van der Waals surface area (Å²) in [5.41, 5.74) is -1.97. The molecule has 5 aliphatic rings. The number of aliphatic hydroxyl groups is 1. The number of aromatic nitrogens is 3. The monoisotopic (exact) mass is 803 g/mol. The number of rotatable bonds is 7. The molecule has 9 rings (SSSR count). The fourth-order valence-corrected chi connectivity index (χ4v) is 13.1. The number of pyridine rings is 1. The van der Waals surface area contributed by atoms with Gasteiger partial charge in [0.05, 0.1) is 50.5 Å². The van der Waals surface area contributed by atoms with Crippen molar-refractivity contribution in [3.63, 3.8) is 0 Å². The molecule has 0 amide bonds. The van der Waals surface area contributed by atoms with E-state index in [1.807, 2.05) is 0 Å². The zero-order valence-corrected chi connectivity index (χ0v) is 33.0. The number of hydrogen-bond acceptors (Lipinski definition) is 12. The van der Waals surface area contributed by atoms with Crippen molar-refractivity contribution in [3.8, 4) is 41.2 Å². The fourth-order valence-electron chi connectivity index (χ4n) is 10.8. The third-order valence-electron chi connectivity index (χ3n) is 13.2. The second kappa shape index (κ2) is 14.2. The molecule has 12 nitrogen and oxygen atoms in total. The van der Waals surface area contributed by atoms with Crippen LogP contribution in [0.5, 0.6) is 17.6 Å². The fraction of sp³-hybridized carbons (Fsp3) is 0.548. The number of hydrogen-bond donors (Lipinski definition) is 2. The lowest BCUT2D eigenvalue weighted by Gasteiger charge is -2.48. The molecule has 5 fully saturated rings. The van der Waals surface area contributed by atoms with Crippen LogP contribution >= 0.6 is 0 Å². The molecular weight excluding hydrogens is 757 g/mol. The number of piperidine rings is 1. The smallest absolute Gasteiger partial charge is 0.319 e. The van der Waals surface area contributed by atoms with Crippen molar-refractivity contribution in [2.24, 2.45) is 17.3 Å². The summed E-state index contributed by atoms with van der Waals surface area (Å²) in [4.78, 5) is 18.6. The molecule has 3 aliphatic heterocycles. The van der Waals surface area contributed by atoms with Crippen molar-refractivity contribution in [1.82, 2.24) is 19.9 Å². The Bertz CT molecular complexity index is 2410. The number of sulfone groups is 1. The molecule has 2 aliphatic carbocycles. The lowest BCUT2D eigenvalue weighted by Crippen LogP contribution is -2.55. The summed E-state index contributed by atoms with van der Waals surface area (Å²) in [6.07, 6.45) is 12.5. The molecule has 0 bridgehead atoms. The molecule has 6 atom stereocenters. The zero-order valence-electron chi connectivity index (χ0n) is 32.1. The van der Waals surface area contributed by atoms with Gasteiger partial charge in [0, 0.05) is 35.0 Å². The molecule has 0 spiro atoms. The van der Waals surface area contributed by atoms with Gasteiger partial charge in [-0.1, -0.05) is 18.4 Å². The van der Waals surface area contributed by atoms with E-state index < -0.39 is 27.1 Å². The first-order valence-electron chi connectivity index (χ1n) is 19.8. The van der Waals surface area contributed by atoms with E-state index in [1.54, 1.807) is 11.8 Å². The standard InChI is InChI=1S/C42H47F2N5O7S/c1-4-29-31(43)9-8-24-17-28(50)18-30(33(24)29)36-35(44)37-34(39(45-36)54-3)38(48-13-14-55-22-41(2,51)21-48)47-40(46-37)56-23-42-10-5-7-32(42)49(12-6-11-42)27-15-25-19-57(52,53)20-26(25)16-27/h1,8-9,17-18,25-27,32,50-51H,5-7,10-16,19-23H2,2-3H3/t25-,26+,27?,32-,41+,42-/m1/s1. The number of terminal acetylenes is 1. The van der Waals surface area contributed by atoms with E-state index in [0.29, 0.717) is 36.1 Å². The minimum absolute atomic E-state index is 0.0329. The maximum absolute atomic E-state index is 17.4. The molecule has 2 aromatic heterocycles. The van der Waals surface area contributed by atoms with Crippen LogP contribution in [0, 0.1) is 41.2 Å². The highest BCUT2D eigenvalue weighted by atomic mass is 32.2. The molecule has 57 heavy (non-hydrogen) atoms. The number of phenolic OH excluding ortho intramolecular Hbond substituents is 1. The quantitative estimate of drug-likeness (QED) is 0.236. The number of phenols is 1. The molecule has 1 unspecified atom stereocenters. The summed E-state index contributed by atoms with van der Waals surface area (Å²) in [5, 5.41) is 22.7. The second-order valence-corrected chi connectivity index (χ2v) is 19.2. The summed E-state index contributed by atoms with van der Waals surface area (Å²) >= 11 is 0. The Morgan fingerprint density at radius 2 is 1.84 bits per heavy atom. The first kappa shape index (κ1) is 38.2. The summed E-state index contributed by atoms with van der Waals surface area (Å²) in [7, 11) is -1.57. The summed E-state index contributed by atoms with van der Waals surface area (Å²) in [6.45, 7) is 3.67. The summed E-state index contributed by atoms with van der Waals surface area (Å²) in [5.74, 6) is 1.85. The van der Waals surface area contributed by atoms with Crippen LogP contribution in [0.25, 0.3) is 32.9 Å². The van der Waals surface area contributed by atoms with Crippen LogP contribution in [0.2, 0.25) is 0 Å². The topological polar surface area (TPSA) is 147 Å². The third-order valence-corrected chi connectivity index (χ3v) is 15.0. The van der Waals surface area contributed by atoms with E-state index in [-0.39, 0.29) is 99.6 Å². The Hall–Kier alpha value is -4.36. The van der Waals surface area contributed by atoms with Crippen LogP contribution in [0.4, 0.5) is 14.6 Å². The molecule has 0 radical (unpaired) electrons. The van der Waals surface area contributed by atoms with Gasteiger partial charge in [0.15, 0.2) is 15.7 Å². The number of methoxy groups -OCH3 is 1. The summed E-state index contributed by atoms with van der Waals surface area (Å²) < 4.78 is 75.3. The molecule has 2 N–H and O–H groups in total. The van der Waals surface area contributed by atoms with E-state index in [9.17, 15) is 18.6 Å². The van der Waals surface area contributed by atoms with E-state index in [0.717, 1.165) is 51.5 Å². The van der Waals surface area contributed by atoms with Gasteiger partial charge in [-0.2, -0.15) is 9.97 Å². The number of benzene rings is 2. The van der Waals surface area contributed by atoms with Gasteiger partial charge in [0.25, 0.3) is 0 Å². The number of anilines is 1. The van der Waals surface area contributed by atoms with Crippen LogP contribution in [0.15, 0.2) is 24.3 Å². The first-order chi connectivity index (χ1) is 27.3. The van der Waals surface area contributed by atoms with Gasteiger partial charge in [0.1, 0.15) is 39.6 Å². The van der Waals surface area contributed by atoms with Gasteiger partial charge < -0.3 is 29.3 Å².